The van der Waals surface area contributed by atoms with E-state index in [1.54, 1.807) is 0 Å². The number of nitrogens with zero attached hydrogens (tertiary/aromatic N) is 3. The highest BCUT2D eigenvalue weighted by atomic mass is 19.2. The summed E-state index contributed by atoms with van der Waals surface area (Å²) in [5.41, 5.74) is 0.000694. The highest BCUT2D eigenvalue weighted by Gasteiger charge is 2.15. The zero-order valence-corrected chi connectivity index (χ0v) is 8.47. The van der Waals surface area contributed by atoms with Crippen LogP contribution in [-0.4, -0.2) is 26.1 Å². The van der Waals surface area contributed by atoms with Gasteiger partial charge in [-0.3, -0.25) is 4.79 Å². The Balaban J connectivity index is 2.50. The van der Waals surface area contributed by atoms with Gasteiger partial charge < -0.3 is 5.11 Å². The summed E-state index contributed by atoms with van der Waals surface area (Å²) in [6.07, 6.45) is 0.821. The SMILES string of the molecule is O=C(O)Cc1cnnn1-c1cccc(F)c1F. The van der Waals surface area contributed by atoms with Crippen molar-refractivity contribution in [1.82, 2.24) is 15.0 Å². The molecular formula is C10H7F2N3O2. The first kappa shape index (κ1) is 11.2. The molecule has 1 N–H and O–H groups in total. The lowest BCUT2D eigenvalue weighted by Crippen LogP contribution is -2.10. The van der Waals surface area contributed by atoms with E-state index < -0.39 is 17.6 Å². The number of hydrogen-bond donors (Lipinski definition) is 1. The van der Waals surface area contributed by atoms with Crippen LogP contribution in [0.5, 0.6) is 0 Å². The van der Waals surface area contributed by atoms with Crippen LogP contribution in [0.4, 0.5) is 8.78 Å². The minimum absolute atomic E-state index is 0.168. The molecule has 0 aliphatic carbocycles. The van der Waals surface area contributed by atoms with Crippen molar-refractivity contribution >= 4 is 5.97 Å². The van der Waals surface area contributed by atoms with Gasteiger partial charge >= 0.3 is 5.97 Å². The molecule has 1 aromatic carbocycles. The van der Waals surface area contributed by atoms with E-state index in [1.807, 2.05) is 0 Å². The third-order valence-corrected chi connectivity index (χ3v) is 2.11. The Hall–Kier alpha value is -2.31. The molecule has 0 unspecified atom stereocenters. The van der Waals surface area contributed by atoms with E-state index in [1.165, 1.54) is 18.3 Å². The molecular weight excluding hydrogens is 232 g/mol. The fourth-order valence-corrected chi connectivity index (χ4v) is 1.39. The first-order chi connectivity index (χ1) is 8.09. The van der Waals surface area contributed by atoms with Crippen LogP contribution in [0.3, 0.4) is 0 Å². The van der Waals surface area contributed by atoms with Crippen molar-refractivity contribution in [3.8, 4) is 5.69 Å². The normalized spacial score (nSPS) is 10.5. The van der Waals surface area contributed by atoms with E-state index >= 15 is 0 Å². The highest BCUT2D eigenvalue weighted by Crippen LogP contribution is 2.16. The standard InChI is InChI=1S/C10H7F2N3O2/c11-7-2-1-3-8(10(7)12)15-6(4-9(16)17)5-13-14-15/h1-3,5H,4H2,(H,16,17). The van der Waals surface area contributed by atoms with Gasteiger partial charge in [0.1, 0.15) is 5.69 Å². The first-order valence-corrected chi connectivity index (χ1v) is 4.65. The predicted octanol–water partition coefficient (Wildman–Crippen LogP) is 1.17. The van der Waals surface area contributed by atoms with Gasteiger partial charge in [0, 0.05) is 0 Å². The molecule has 2 rings (SSSR count). The maximum atomic E-state index is 13.5. The lowest BCUT2D eigenvalue weighted by atomic mass is 10.2. The van der Waals surface area contributed by atoms with Crippen LogP contribution in [0.25, 0.3) is 5.69 Å². The van der Waals surface area contributed by atoms with E-state index in [0.29, 0.717) is 0 Å². The van der Waals surface area contributed by atoms with E-state index in [0.717, 1.165) is 10.7 Å². The molecule has 0 bridgehead atoms. The van der Waals surface area contributed by atoms with Gasteiger partial charge in [0.25, 0.3) is 0 Å². The predicted molar refractivity (Wildman–Crippen MR) is 52.6 cm³/mol. The average Bonchev–Trinajstić information content (AvgIpc) is 2.69. The van der Waals surface area contributed by atoms with Gasteiger partial charge in [-0.25, -0.2) is 13.5 Å². The molecule has 1 aromatic heterocycles. The van der Waals surface area contributed by atoms with Crippen LogP contribution in [-0.2, 0) is 11.2 Å². The van der Waals surface area contributed by atoms with Crippen LogP contribution in [0.2, 0.25) is 0 Å². The van der Waals surface area contributed by atoms with Gasteiger partial charge in [-0.15, -0.1) is 5.10 Å². The summed E-state index contributed by atoms with van der Waals surface area (Å²) in [5.74, 6) is -3.23. The second kappa shape index (κ2) is 4.28. The summed E-state index contributed by atoms with van der Waals surface area (Å²) in [7, 11) is 0. The lowest BCUT2D eigenvalue weighted by Gasteiger charge is -2.05. The fraction of sp³-hybridized carbons (Fsp3) is 0.100. The van der Waals surface area contributed by atoms with Crippen molar-refractivity contribution in [3.05, 3.63) is 41.7 Å². The molecule has 0 saturated heterocycles. The topological polar surface area (TPSA) is 68.0 Å². The van der Waals surface area contributed by atoms with Crippen LogP contribution in [0.1, 0.15) is 5.69 Å². The third-order valence-electron chi connectivity index (χ3n) is 2.11. The number of halogens is 2. The molecule has 5 nitrogen and oxygen atoms in total. The molecule has 1 heterocycles. The van der Waals surface area contributed by atoms with Gasteiger partial charge in [0.05, 0.1) is 18.3 Å². The molecule has 2 aromatic rings. The number of benzene rings is 1. The highest BCUT2D eigenvalue weighted by molar-refractivity contribution is 5.69. The van der Waals surface area contributed by atoms with E-state index in [9.17, 15) is 13.6 Å². The zero-order valence-electron chi connectivity index (χ0n) is 8.47. The van der Waals surface area contributed by atoms with Gasteiger partial charge in [-0.2, -0.15) is 0 Å². The Labute approximate surface area is 94.3 Å². The summed E-state index contributed by atoms with van der Waals surface area (Å²) >= 11 is 0. The van der Waals surface area contributed by atoms with Gasteiger partial charge in [0.15, 0.2) is 11.6 Å². The molecule has 0 spiro atoms. The average molecular weight is 239 g/mol. The van der Waals surface area contributed by atoms with Crippen molar-refractivity contribution in [3.63, 3.8) is 0 Å². The largest absolute Gasteiger partial charge is 0.481 e. The van der Waals surface area contributed by atoms with Crippen LogP contribution in [0.15, 0.2) is 24.4 Å². The smallest absolute Gasteiger partial charge is 0.309 e. The van der Waals surface area contributed by atoms with Crippen molar-refractivity contribution in [2.45, 2.75) is 6.42 Å². The number of rotatable bonds is 3. The Morgan fingerprint density at radius 2 is 2.18 bits per heavy atom. The second-order valence-corrected chi connectivity index (χ2v) is 3.28. The van der Waals surface area contributed by atoms with Gasteiger partial charge in [0.2, 0.25) is 0 Å². The Morgan fingerprint density at radius 1 is 1.41 bits per heavy atom. The summed E-state index contributed by atoms with van der Waals surface area (Å²) in [6, 6.07) is 3.56. The van der Waals surface area contributed by atoms with Crippen molar-refractivity contribution in [1.29, 1.82) is 0 Å². The first-order valence-electron chi connectivity index (χ1n) is 4.65. The monoisotopic (exact) mass is 239 g/mol. The van der Waals surface area contributed by atoms with Gasteiger partial charge in [-0.05, 0) is 12.1 Å². The number of hydrogen-bond acceptors (Lipinski definition) is 3. The number of carbonyl (C=O) groups is 1. The van der Waals surface area contributed by atoms with Crippen molar-refractivity contribution < 1.29 is 18.7 Å². The number of aliphatic carboxylic acids is 1. The zero-order chi connectivity index (χ0) is 12.4. The molecule has 0 radical (unpaired) electrons. The summed E-state index contributed by atoms with van der Waals surface area (Å²) in [5, 5.41) is 15.7. The molecule has 17 heavy (non-hydrogen) atoms. The molecule has 0 fully saturated rings. The maximum Gasteiger partial charge on any atom is 0.309 e. The molecule has 0 amide bonds. The number of carboxylic acid groups (broad SMARTS) is 1. The molecule has 0 atom stereocenters. The number of aromatic nitrogens is 3. The molecule has 0 saturated carbocycles. The number of carboxylic acids is 1. The minimum Gasteiger partial charge on any atom is -0.481 e. The summed E-state index contributed by atoms with van der Waals surface area (Å²) in [6.45, 7) is 0. The van der Waals surface area contributed by atoms with Crippen molar-refractivity contribution in [2.24, 2.45) is 0 Å². The van der Waals surface area contributed by atoms with Crippen LogP contribution >= 0.6 is 0 Å². The second-order valence-electron chi connectivity index (χ2n) is 3.28. The third kappa shape index (κ3) is 2.12. The maximum absolute atomic E-state index is 13.5. The van der Waals surface area contributed by atoms with Crippen LogP contribution < -0.4 is 0 Å². The van der Waals surface area contributed by atoms with E-state index in [-0.39, 0.29) is 17.8 Å². The van der Waals surface area contributed by atoms with E-state index in [4.69, 9.17) is 5.11 Å². The Bertz CT molecular complexity index is 568. The summed E-state index contributed by atoms with van der Waals surface area (Å²) < 4.78 is 27.4. The van der Waals surface area contributed by atoms with E-state index in [2.05, 4.69) is 10.3 Å². The molecule has 0 aliphatic rings. The minimum atomic E-state index is -1.11. The van der Waals surface area contributed by atoms with Crippen LogP contribution in [0, 0.1) is 11.6 Å². The molecule has 88 valence electrons. The molecule has 0 aliphatic heterocycles. The Kier molecular flexibility index (Phi) is 2.82. The molecule has 7 heteroatoms. The summed E-state index contributed by atoms with van der Waals surface area (Å²) in [4.78, 5) is 10.6. The quantitative estimate of drug-likeness (QED) is 0.873. The Morgan fingerprint density at radius 3 is 2.88 bits per heavy atom. The van der Waals surface area contributed by atoms with Crippen molar-refractivity contribution in [2.75, 3.05) is 0 Å². The fourth-order valence-electron chi connectivity index (χ4n) is 1.39. The lowest BCUT2D eigenvalue weighted by molar-refractivity contribution is -0.136. The van der Waals surface area contributed by atoms with Gasteiger partial charge in [-0.1, -0.05) is 11.3 Å².